The molecule has 0 spiro atoms. The molecule has 0 atom stereocenters. The maximum atomic E-state index is 12.8. The van der Waals surface area contributed by atoms with Crippen molar-refractivity contribution in [3.63, 3.8) is 0 Å². The van der Waals surface area contributed by atoms with E-state index in [9.17, 15) is 4.79 Å². The van der Waals surface area contributed by atoms with Gasteiger partial charge in [-0.1, -0.05) is 37.3 Å². The highest BCUT2D eigenvalue weighted by Gasteiger charge is 2.39. The number of carbonyl (C=O) groups excluding carboxylic acids is 1. The molecule has 0 unspecified atom stereocenters. The van der Waals surface area contributed by atoms with E-state index in [0.29, 0.717) is 28.4 Å². The second-order valence-electron chi connectivity index (χ2n) is 8.22. The molecule has 3 rings (SSSR count). The van der Waals surface area contributed by atoms with Crippen LogP contribution in [-0.4, -0.2) is 42.3 Å². The molecule has 0 aromatic heterocycles. The lowest BCUT2D eigenvalue weighted by atomic mass is 9.62. The third-order valence-electron chi connectivity index (χ3n) is 6.11. The maximum absolute atomic E-state index is 12.8. The van der Waals surface area contributed by atoms with E-state index in [1.807, 2.05) is 6.07 Å². The number of ether oxygens (including phenoxy) is 1. The van der Waals surface area contributed by atoms with Gasteiger partial charge < -0.3 is 15.2 Å². The number of nitrogens with one attached hydrogen (secondary N) is 1. The Kier molecular flexibility index (Phi) is 8.36. The van der Waals surface area contributed by atoms with Crippen LogP contribution < -0.4 is 10.1 Å². The van der Waals surface area contributed by atoms with Crippen LogP contribution in [0.25, 0.3) is 0 Å². The Morgan fingerprint density at radius 3 is 2.82 bits per heavy atom. The minimum Gasteiger partial charge on any atom is -0.493 e. The fourth-order valence-electron chi connectivity index (χ4n) is 4.69. The van der Waals surface area contributed by atoms with Gasteiger partial charge in [0.2, 0.25) is 0 Å². The average molecular weight is 426 g/mol. The molecule has 0 saturated heterocycles. The number of thioether (sulfide) groups is 1. The molecule has 2 aliphatic carbocycles. The van der Waals surface area contributed by atoms with Gasteiger partial charge in [0.25, 0.3) is 5.91 Å². The number of rotatable bonds is 10. The lowest BCUT2D eigenvalue weighted by molar-refractivity contribution is 0.0681. The molecule has 28 heavy (non-hydrogen) atoms. The van der Waals surface area contributed by atoms with Crippen molar-refractivity contribution in [2.24, 2.45) is 11.3 Å². The van der Waals surface area contributed by atoms with E-state index in [-0.39, 0.29) is 12.5 Å². The predicted molar refractivity (Wildman–Crippen MR) is 117 cm³/mol. The number of aliphatic hydroxyl groups is 1. The number of hydrogen-bond donors (Lipinski definition) is 2. The van der Waals surface area contributed by atoms with E-state index in [1.54, 1.807) is 23.9 Å². The van der Waals surface area contributed by atoms with Crippen LogP contribution in [0.15, 0.2) is 18.2 Å². The fourth-order valence-corrected chi connectivity index (χ4v) is 5.63. The number of amides is 1. The lowest BCUT2D eigenvalue weighted by Gasteiger charge is -2.45. The molecule has 2 saturated carbocycles. The fraction of sp³-hybridized carbons (Fsp3) is 0.682. The van der Waals surface area contributed by atoms with Crippen LogP contribution >= 0.6 is 23.4 Å². The summed E-state index contributed by atoms with van der Waals surface area (Å²) >= 11 is 8.04. The van der Waals surface area contributed by atoms with E-state index in [4.69, 9.17) is 21.4 Å². The summed E-state index contributed by atoms with van der Waals surface area (Å²) in [6.45, 7) is 1.56. The average Bonchev–Trinajstić information content (AvgIpc) is 2.70. The smallest absolute Gasteiger partial charge is 0.252 e. The molecule has 0 radical (unpaired) electrons. The summed E-state index contributed by atoms with van der Waals surface area (Å²) in [6, 6.07) is 5.29. The van der Waals surface area contributed by atoms with Crippen LogP contribution in [0, 0.1) is 11.3 Å². The van der Waals surface area contributed by atoms with Crippen molar-refractivity contribution in [2.45, 2.75) is 51.4 Å². The molecule has 2 aliphatic rings. The largest absolute Gasteiger partial charge is 0.493 e. The van der Waals surface area contributed by atoms with Gasteiger partial charge in [-0.05, 0) is 61.0 Å². The number of benzene rings is 1. The standard InChI is InChI=1S/C22H32ClNO3S/c23-20-7-6-18(27-11-13-28-12-3-10-25)14-19(20)21(26)24-16-22-8-1-4-17(15-22)5-2-9-22/h6-7,14,17,25H,1-5,8-13,15-16H2,(H,24,26). The molecule has 1 amide bonds. The molecule has 0 heterocycles. The number of fused-ring (bicyclic) bond motifs is 2. The second kappa shape index (κ2) is 10.7. The van der Waals surface area contributed by atoms with Crippen LogP contribution in [0.3, 0.4) is 0 Å². The molecule has 2 N–H and O–H groups in total. The van der Waals surface area contributed by atoms with Gasteiger partial charge in [-0.25, -0.2) is 0 Å². The molecule has 1 aromatic carbocycles. The van der Waals surface area contributed by atoms with Gasteiger partial charge in [0, 0.05) is 18.9 Å². The van der Waals surface area contributed by atoms with Crippen LogP contribution in [0.4, 0.5) is 0 Å². The highest BCUT2D eigenvalue weighted by atomic mass is 35.5. The van der Waals surface area contributed by atoms with Gasteiger partial charge in [-0.15, -0.1) is 0 Å². The Morgan fingerprint density at radius 2 is 2.07 bits per heavy atom. The summed E-state index contributed by atoms with van der Waals surface area (Å²) in [5, 5.41) is 12.4. The van der Waals surface area contributed by atoms with Crippen molar-refractivity contribution >= 4 is 29.3 Å². The van der Waals surface area contributed by atoms with Gasteiger partial charge in [-0.3, -0.25) is 4.79 Å². The van der Waals surface area contributed by atoms with Gasteiger partial charge >= 0.3 is 0 Å². The number of aliphatic hydroxyl groups excluding tert-OH is 1. The van der Waals surface area contributed by atoms with Gasteiger partial charge in [-0.2, -0.15) is 11.8 Å². The Hall–Kier alpha value is -0.910. The third kappa shape index (κ3) is 6.04. The van der Waals surface area contributed by atoms with Crippen molar-refractivity contribution in [1.82, 2.24) is 5.32 Å². The van der Waals surface area contributed by atoms with Gasteiger partial charge in [0.05, 0.1) is 17.2 Å². The molecule has 0 aliphatic heterocycles. The normalized spacial score (nSPS) is 24.0. The lowest BCUT2D eigenvalue weighted by Crippen LogP contribution is -2.43. The number of halogens is 1. The first kappa shape index (κ1) is 21.8. The second-order valence-corrected chi connectivity index (χ2v) is 9.85. The summed E-state index contributed by atoms with van der Waals surface area (Å²) < 4.78 is 5.77. The van der Waals surface area contributed by atoms with E-state index >= 15 is 0 Å². The van der Waals surface area contributed by atoms with Crippen molar-refractivity contribution < 1.29 is 14.6 Å². The zero-order valence-electron chi connectivity index (χ0n) is 16.6. The molecule has 4 nitrogen and oxygen atoms in total. The van der Waals surface area contributed by atoms with E-state index in [2.05, 4.69) is 5.32 Å². The Bertz CT molecular complexity index is 645. The number of carbonyl (C=O) groups is 1. The molecular weight excluding hydrogens is 394 g/mol. The summed E-state index contributed by atoms with van der Waals surface area (Å²) in [6.07, 6.45) is 9.83. The highest BCUT2D eigenvalue weighted by Crippen LogP contribution is 2.48. The first-order valence-electron chi connectivity index (χ1n) is 10.5. The molecule has 2 fully saturated rings. The SMILES string of the molecule is O=C(NCC12CCCC(CCC1)C2)c1cc(OCCSCCCO)ccc1Cl. The summed E-state index contributed by atoms with van der Waals surface area (Å²) in [5.74, 6) is 3.21. The van der Waals surface area contributed by atoms with Crippen molar-refractivity contribution in [1.29, 1.82) is 0 Å². The summed E-state index contributed by atoms with van der Waals surface area (Å²) in [4.78, 5) is 12.8. The molecule has 2 bridgehead atoms. The molecular formula is C22H32ClNO3S. The summed E-state index contributed by atoms with van der Waals surface area (Å²) in [7, 11) is 0. The van der Waals surface area contributed by atoms with Gasteiger partial charge in [0.15, 0.2) is 0 Å². The third-order valence-corrected chi connectivity index (χ3v) is 7.47. The van der Waals surface area contributed by atoms with E-state index < -0.39 is 0 Å². The van der Waals surface area contributed by atoms with E-state index in [1.165, 1.54) is 44.9 Å². The van der Waals surface area contributed by atoms with Crippen molar-refractivity contribution in [2.75, 3.05) is 31.3 Å². The Morgan fingerprint density at radius 1 is 1.29 bits per heavy atom. The van der Waals surface area contributed by atoms with Crippen LogP contribution in [-0.2, 0) is 0 Å². The Labute approximate surface area is 177 Å². The molecule has 6 heteroatoms. The van der Waals surface area contributed by atoms with E-state index in [0.717, 1.165) is 30.4 Å². The zero-order valence-corrected chi connectivity index (χ0v) is 18.1. The maximum Gasteiger partial charge on any atom is 0.252 e. The van der Waals surface area contributed by atoms with Gasteiger partial charge in [0.1, 0.15) is 5.75 Å². The highest BCUT2D eigenvalue weighted by molar-refractivity contribution is 7.99. The van der Waals surface area contributed by atoms with Crippen LogP contribution in [0.1, 0.15) is 61.7 Å². The Balaban J connectivity index is 1.51. The molecule has 1 aromatic rings. The zero-order chi connectivity index (χ0) is 19.8. The minimum absolute atomic E-state index is 0.102. The first-order chi connectivity index (χ1) is 13.6. The predicted octanol–water partition coefficient (Wildman–Crippen LogP) is 4.92. The van der Waals surface area contributed by atoms with Crippen molar-refractivity contribution in [3.8, 4) is 5.75 Å². The van der Waals surface area contributed by atoms with Crippen molar-refractivity contribution in [3.05, 3.63) is 28.8 Å². The minimum atomic E-state index is -0.102. The number of hydrogen-bond acceptors (Lipinski definition) is 4. The monoisotopic (exact) mass is 425 g/mol. The van der Waals surface area contributed by atoms with Crippen LogP contribution in [0.5, 0.6) is 5.75 Å². The topological polar surface area (TPSA) is 58.6 Å². The molecule has 156 valence electrons. The first-order valence-corrected chi connectivity index (χ1v) is 12.0. The van der Waals surface area contributed by atoms with Crippen LogP contribution in [0.2, 0.25) is 5.02 Å². The summed E-state index contributed by atoms with van der Waals surface area (Å²) in [5.41, 5.74) is 0.787. The quantitative estimate of drug-likeness (QED) is 0.522.